The minimum absolute atomic E-state index is 0.283. The van der Waals surface area contributed by atoms with Crippen LogP contribution in [0.4, 0.5) is 0 Å². The van der Waals surface area contributed by atoms with E-state index in [0.717, 1.165) is 5.39 Å². The number of rotatable bonds is 3. The maximum absolute atomic E-state index is 11.6. The lowest BCUT2D eigenvalue weighted by Gasteiger charge is -2.06. The van der Waals surface area contributed by atoms with Gasteiger partial charge in [0.1, 0.15) is 0 Å². The second-order valence-corrected chi connectivity index (χ2v) is 4.06. The second kappa shape index (κ2) is 4.86. The van der Waals surface area contributed by atoms with Crippen LogP contribution < -0.4 is 10.4 Å². The molecule has 0 saturated carbocycles. The van der Waals surface area contributed by atoms with E-state index >= 15 is 0 Å². The van der Waals surface area contributed by atoms with Gasteiger partial charge in [0.15, 0.2) is 11.3 Å². The largest absolute Gasteiger partial charge is 0.490 e. The highest BCUT2D eigenvalue weighted by Gasteiger charge is 2.08. The molecular formula is C12H11IO3. The molecule has 0 spiro atoms. The van der Waals surface area contributed by atoms with E-state index in [1.54, 1.807) is 6.07 Å². The average Bonchev–Trinajstić information content (AvgIpc) is 2.29. The molecule has 0 unspecified atom stereocenters. The normalized spacial score (nSPS) is 10.6. The topological polar surface area (TPSA) is 39.4 Å². The van der Waals surface area contributed by atoms with Crippen molar-refractivity contribution in [2.75, 3.05) is 6.61 Å². The lowest BCUT2D eigenvalue weighted by Crippen LogP contribution is -2.05. The maximum atomic E-state index is 11.6. The van der Waals surface area contributed by atoms with Gasteiger partial charge in [-0.3, -0.25) is 0 Å². The average molecular weight is 330 g/mol. The fraction of sp³-hybridized carbons (Fsp3) is 0.250. The van der Waals surface area contributed by atoms with Crippen LogP contribution in [0.5, 0.6) is 5.75 Å². The molecule has 0 bridgehead atoms. The SMILES string of the molecule is CCOc1cccc2cc(CI)c(=O)oc12. The maximum Gasteiger partial charge on any atom is 0.340 e. The van der Waals surface area contributed by atoms with E-state index in [9.17, 15) is 4.79 Å². The number of alkyl halides is 1. The first-order chi connectivity index (χ1) is 7.76. The second-order valence-electron chi connectivity index (χ2n) is 3.30. The smallest absolute Gasteiger partial charge is 0.340 e. The molecule has 3 nitrogen and oxygen atoms in total. The third-order valence-corrected chi connectivity index (χ3v) is 3.06. The van der Waals surface area contributed by atoms with Gasteiger partial charge in [0.25, 0.3) is 0 Å². The summed E-state index contributed by atoms with van der Waals surface area (Å²) < 4.78 is 11.3. The van der Waals surface area contributed by atoms with Crippen LogP contribution in [0.25, 0.3) is 11.0 Å². The Morgan fingerprint density at radius 2 is 2.25 bits per heavy atom. The summed E-state index contributed by atoms with van der Waals surface area (Å²) in [7, 11) is 0. The Labute approximate surface area is 107 Å². The summed E-state index contributed by atoms with van der Waals surface area (Å²) in [5.41, 5.74) is 0.929. The Morgan fingerprint density at radius 1 is 1.44 bits per heavy atom. The molecular weight excluding hydrogens is 319 g/mol. The molecule has 0 atom stereocenters. The molecule has 1 aromatic heterocycles. The van der Waals surface area contributed by atoms with Crippen molar-refractivity contribution in [3.63, 3.8) is 0 Å². The lowest BCUT2D eigenvalue weighted by molar-refractivity contribution is 0.337. The number of hydrogen-bond acceptors (Lipinski definition) is 3. The van der Waals surface area contributed by atoms with Gasteiger partial charge in [-0.15, -0.1) is 0 Å². The summed E-state index contributed by atoms with van der Waals surface area (Å²) >= 11 is 2.15. The molecule has 0 radical (unpaired) electrons. The molecule has 1 aromatic carbocycles. The van der Waals surface area contributed by atoms with Crippen molar-refractivity contribution in [3.8, 4) is 5.75 Å². The van der Waals surface area contributed by atoms with Crippen LogP contribution in [-0.4, -0.2) is 6.61 Å². The third-order valence-electron chi connectivity index (χ3n) is 2.24. The minimum atomic E-state index is -0.283. The van der Waals surface area contributed by atoms with Crippen LogP contribution in [0.3, 0.4) is 0 Å². The van der Waals surface area contributed by atoms with E-state index in [2.05, 4.69) is 22.6 Å². The molecule has 0 saturated heterocycles. The molecule has 0 fully saturated rings. The molecule has 0 N–H and O–H groups in total. The number of para-hydroxylation sites is 1. The Hall–Kier alpha value is -1.04. The third kappa shape index (κ3) is 2.07. The molecule has 2 aromatic rings. The van der Waals surface area contributed by atoms with Crippen molar-refractivity contribution in [2.45, 2.75) is 11.4 Å². The number of fused-ring (bicyclic) bond motifs is 1. The van der Waals surface area contributed by atoms with E-state index in [1.165, 1.54) is 0 Å². The molecule has 0 amide bonds. The molecule has 2 rings (SSSR count). The lowest BCUT2D eigenvalue weighted by atomic mass is 10.2. The summed E-state index contributed by atoms with van der Waals surface area (Å²) in [5.74, 6) is 0.622. The van der Waals surface area contributed by atoms with E-state index in [-0.39, 0.29) is 5.63 Å². The summed E-state index contributed by atoms with van der Waals surface area (Å²) in [4.78, 5) is 11.6. The number of benzene rings is 1. The van der Waals surface area contributed by atoms with Crippen molar-refractivity contribution in [1.29, 1.82) is 0 Å². The van der Waals surface area contributed by atoms with Gasteiger partial charge >= 0.3 is 5.63 Å². The summed E-state index contributed by atoms with van der Waals surface area (Å²) in [6.07, 6.45) is 0. The fourth-order valence-corrected chi connectivity index (χ4v) is 2.05. The minimum Gasteiger partial charge on any atom is -0.490 e. The van der Waals surface area contributed by atoms with Crippen molar-refractivity contribution in [2.24, 2.45) is 0 Å². The predicted octanol–water partition coefficient (Wildman–Crippen LogP) is 3.13. The van der Waals surface area contributed by atoms with Crippen LogP contribution in [0.1, 0.15) is 12.5 Å². The highest BCUT2D eigenvalue weighted by Crippen LogP contribution is 2.25. The van der Waals surface area contributed by atoms with Crippen molar-refractivity contribution in [1.82, 2.24) is 0 Å². The summed E-state index contributed by atoms with van der Waals surface area (Å²) in [6, 6.07) is 7.47. The number of hydrogen-bond donors (Lipinski definition) is 0. The standard InChI is InChI=1S/C12H11IO3/c1-2-15-10-5-3-4-8-6-9(7-13)12(14)16-11(8)10/h3-6H,2,7H2,1H3. The Morgan fingerprint density at radius 3 is 2.94 bits per heavy atom. The quantitative estimate of drug-likeness (QED) is 0.493. The van der Waals surface area contributed by atoms with E-state index in [0.29, 0.717) is 27.9 Å². The molecule has 84 valence electrons. The van der Waals surface area contributed by atoms with Crippen LogP contribution in [0.2, 0.25) is 0 Å². The van der Waals surface area contributed by atoms with E-state index in [4.69, 9.17) is 9.15 Å². The first kappa shape index (κ1) is 11.4. The zero-order chi connectivity index (χ0) is 11.5. The molecule has 0 aliphatic heterocycles. The fourth-order valence-electron chi connectivity index (χ4n) is 1.52. The summed E-state index contributed by atoms with van der Waals surface area (Å²) in [6.45, 7) is 2.45. The Kier molecular flexibility index (Phi) is 3.48. The molecule has 4 heteroatoms. The van der Waals surface area contributed by atoms with Gasteiger partial charge in [-0.25, -0.2) is 4.79 Å². The molecule has 0 aliphatic carbocycles. The first-order valence-electron chi connectivity index (χ1n) is 5.00. The van der Waals surface area contributed by atoms with Crippen LogP contribution in [0.15, 0.2) is 33.5 Å². The Bertz CT molecular complexity index is 560. The van der Waals surface area contributed by atoms with E-state index < -0.39 is 0 Å². The van der Waals surface area contributed by atoms with Crippen LogP contribution in [-0.2, 0) is 4.43 Å². The predicted molar refractivity (Wildman–Crippen MR) is 71.4 cm³/mol. The molecule has 0 aliphatic rings. The monoisotopic (exact) mass is 330 g/mol. The molecule has 1 heterocycles. The highest BCUT2D eigenvalue weighted by atomic mass is 127. The van der Waals surface area contributed by atoms with Crippen molar-refractivity contribution in [3.05, 3.63) is 40.2 Å². The van der Waals surface area contributed by atoms with Gasteiger partial charge in [-0.05, 0) is 19.1 Å². The van der Waals surface area contributed by atoms with Gasteiger partial charge in [0, 0.05) is 15.4 Å². The van der Waals surface area contributed by atoms with Crippen LogP contribution >= 0.6 is 22.6 Å². The van der Waals surface area contributed by atoms with Gasteiger partial charge in [-0.2, -0.15) is 0 Å². The van der Waals surface area contributed by atoms with Gasteiger partial charge in [-0.1, -0.05) is 34.7 Å². The van der Waals surface area contributed by atoms with Crippen LogP contribution in [0, 0.1) is 0 Å². The van der Waals surface area contributed by atoms with Gasteiger partial charge in [0.05, 0.1) is 6.61 Å². The Balaban J connectivity index is 2.69. The molecule has 16 heavy (non-hydrogen) atoms. The van der Waals surface area contributed by atoms with Crippen molar-refractivity contribution >= 4 is 33.6 Å². The van der Waals surface area contributed by atoms with Gasteiger partial charge < -0.3 is 9.15 Å². The van der Waals surface area contributed by atoms with Crippen molar-refractivity contribution < 1.29 is 9.15 Å². The summed E-state index contributed by atoms with van der Waals surface area (Å²) in [5, 5.41) is 0.900. The van der Waals surface area contributed by atoms with Gasteiger partial charge in [0.2, 0.25) is 0 Å². The zero-order valence-electron chi connectivity index (χ0n) is 8.83. The number of halogens is 1. The number of ether oxygens (including phenoxy) is 1. The highest BCUT2D eigenvalue weighted by molar-refractivity contribution is 14.1. The van der Waals surface area contributed by atoms with E-state index in [1.807, 2.05) is 25.1 Å². The zero-order valence-corrected chi connectivity index (χ0v) is 11.0. The first-order valence-corrected chi connectivity index (χ1v) is 6.53.